The lowest BCUT2D eigenvalue weighted by molar-refractivity contribution is -0.168. The summed E-state index contributed by atoms with van der Waals surface area (Å²) in [5.41, 5.74) is 6.31. The lowest BCUT2D eigenvalue weighted by Gasteiger charge is -2.31. The maximum absolute atomic E-state index is 12.7. The summed E-state index contributed by atoms with van der Waals surface area (Å²) in [5.74, 6) is -4.14. The summed E-state index contributed by atoms with van der Waals surface area (Å²) in [6.45, 7) is -0.484. The Morgan fingerprint density at radius 1 is 1.43 bits per heavy atom. The van der Waals surface area contributed by atoms with Gasteiger partial charge in [0.15, 0.2) is 0 Å². The van der Waals surface area contributed by atoms with Crippen LogP contribution >= 0.6 is 11.3 Å². The van der Waals surface area contributed by atoms with Crippen LogP contribution in [0.2, 0.25) is 0 Å². The summed E-state index contributed by atoms with van der Waals surface area (Å²) in [4.78, 5) is 4.25. The van der Waals surface area contributed by atoms with Crippen molar-refractivity contribution in [2.24, 2.45) is 5.73 Å². The molecule has 2 heterocycles. The minimum Gasteiger partial charge on any atom is -0.381 e. The van der Waals surface area contributed by atoms with E-state index in [0.29, 0.717) is 36.8 Å². The van der Waals surface area contributed by atoms with Crippen LogP contribution in [0.15, 0.2) is 5.38 Å². The normalized spacial score (nSPS) is 19.1. The highest BCUT2D eigenvalue weighted by atomic mass is 32.1. The molecule has 0 spiro atoms. The van der Waals surface area contributed by atoms with Crippen molar-refractivity contribution < 1.29 is 27.0 Å². The third-order valence-corrected chi connectivity index (χ3v) is 4.11. The van der Waals surface area contributed by atoms with Gasteiger partial charge in [-0.1, -0.05) is 0 Å². The van der Waals surface area contributed by atoms with Crippen molar-refractivity contribution in [1.82, 2.24) is 4.98 Å². The third kappa shape index (κ3) is 4.12. The predicted octanol–water partition coefficient (Wildman–Crippen LogP) is 2.52. The minimum atomic E-state index is -4.14. The van der Waals surface area contributed by atoms with Gasteiger partial charge in [-0.25, -0.2) is 13.8 Å². The zero-order valence-corrected chi connectivity index (χ0v) is 12.0. The monoisotopic (exact) mass is 328 g/mol. The quantitative estimate of drug-likeness (QED) is 0.815. The maximum Gasteiger partial charge on any atom is 0.330 e. The summed E-state index contributed by atoms with van der Waals surface area (Å²) >= 11 is 1.21. The van der Waals surface area contributed by atoms with E-state index in [2.05, 4.69) is 9.72 Å². The number of rotatable bonds is 6. The van der Waals surface area contributed by atoms with Gasteiger partial charge in [0.25, 0.3) is 0 Å². The molecule has 1 saturated heterocycles. The Bertz CT molecular complexity index is 464. The number of aromatic nitrogens is 1. The van der Waals surface area contributed by atoms with Crippen LogP contribution in [-0.4, -0.2) is 37.2 Å². The van der Waals surface area contributed by atoms with E-state index in [1.54, 1.807) is 5.38 Å². The lowest BCUT2D eigenvalue weighted by atomic mass is 9.88. The van der Waals surface area contributed by atoms with Gasteiger partial charge in [0.2, 0.25) is 0 Å². The highest BCUT2D eigenvalue weighted by Crippen LogP contribution is 2.30. The molecule has 1 aliphatic rings. The second-order valence-electron chi connectivity index (χ2n) is 4.95. The second-order valence-corrected chi connectivity index (χ2v) is 5.89. The molecule has 1 fully saturated rings. The van der Waals surface area contributed by atoms with Crippen LogP contribution in [0, 0.1) is 0 Å². The fraction of sp³-hybridized carbons (Fsp3) is 0.750. The molecule has 0 radical (unpaired) electrons. The number of ether oxygens (including phenoxy) is 2. The van der Waals surface area contributed by atoms with E-state index in [9.17, 15) is 17.6 Å². The van der Waals surface area contributed by atoms with Crippen LogP contribution in [0.1, 0.15) is 23.5 Å². The molecule has 21 heavy (non-hydrogen) atoms. The Morgan fingerprint density at radius 2 is 2.10 bits per heavy atom. The van der Waals surface area contributed by atoms with Crippen LogP contribution in [0.4, 0.5) is 17.6 Å². The molecule has 1 aliphatic heterocycles. The molecule has 1 aromatic rings. The Balaban J connectivity index is 1.89. The zero-order chi connectivity index (χ0) is 15.5. The summed E-state index contributed by atoms with van der Waals surface area (Å²) in [5, 5.41) is 2.18. The first kappa shape index (κ1) is 16.6. The van der Waals surface area contributed by atoms with Gasteiger partial charge in [-0.2, -0.15) is 8.78 Å². The number of nitrogens with two attached hydrogens (primary N) is 1. The van der Waals surface area contributed by atoms with E-state index in [-0.39, 0.29) is 6.61 Å². The van der Waals surface area contributed by atoms with Crippen LogP contribution < -0.4 is 5.73 Å². The molecule has 2 N–H and O–H groups in total. The molecule has 0 bridgehead atoms. The van der Waals surface area contributed by atoms with Crippen LogP contribution in [0.5, 0.6) is 0 Å². The molecule has 0 atom stereocenters. The van der Waals surface area contributed by atoms with Gasteiger partial charge in [0.05, 0.1) is 17.8 Å². The number of hydrogen-bond donors (Lipinski definition) is 1. The number of nitrogens with zero attached hydrogens (tertiary/aromatic N) is 1. The Morgan fingerprint density at radius 3 is 2.71 bits per heavy atom. The van der Waals surface area contributed by atoms with Gasteiger partial charge in [-0.15, -0.1) is 11.3 Å². The van der Waals surface area contributed by atoms with Crippen molar-refractivity contribution in [3.05, 3.63) is 16.1 Å². The Kier molecular flexibility index (Phi) is 5.18. The SMILES string of the molecule is NC1(c2csc(COCC(F)(F)C(F)F)n2)CCOCC1. The number of alkyl halides is 4. The fourth-order valence-corrected chi connectivity index (χ4v) is 2.77. The van der Waals surface area contributed by atoms with Crippen molar-refractivity contribution >= 4 is 11.3 Å². The largest absolute Gasteiger partial charge is 0.381 e. The van der Waals surface area contributed by atoms with Gasteiger partial charge in [-0.05, 0) is 12.8 Å². The maximum atomic E-state index is 12.7. The van der Waals surface area contributed by atoms with Crippen molar-refractivity contribution in [3.63, 3.8) is 0 Å². The first-order valence-electron chi connectivity index (χ1n) is 6.39. The molecule has 0 unspecified atom stereocenters. The van der Waals surface area contributed by atoms with E-state index in [1.807, 2.05) is 0 Å². The first-order valence-corrected chi connectivity index (χ1v) is 7.27. The van der Waals surface area contributed by atoms with Gasteiger partial charge < -0.3 is 15.2 Å². The minimum absolute atomic E-state index is 0.237. The smallest absolute Gasteiger partial charge is 0.330 e. The topological polar surface area (TPSA) is 57.4 Å². The van der Waals surface area contributed by atoms with Crippen molar-refractivity contribution in [2.75, 3.05) is 19.8 Å². The fourth-order valence-electron chi connectivity index (χ4n) is 1.94. The summed E-state index contributed by atoms with van der Waals surface area (Å²) < 4.78 is 59.2. The molecular formula is C12H16F4N2O2S. The van der Waals surface area contributed by atoms with Crippen molar-refractivity contribution in [3.8, 4) is 0 Å². The second kappa shape index (κ2) is 6.55. The van der Waals surface area contributed by atoms with Crippen molar-refractivity contribution in [2.45, 2.75) is 37.3 Å². The summed E-state index contributed by atoms with van der Waals surface area (Å²) in [6, 6.07) is 0. The Hall–Kier alpha value is -0.770. The van der Waals surface area contributed by atoms with Crippen molar-refractivity contribution in [1.29, 1.82) is 0 Å². The molecule has 2 rings (SSSR count). The molecule has 0 aliphatic carbocycles. The van der Waals surface area contributed by atoms with Crippen LogP contribution in [0.3, 0.4) is 0 Å². The zero-order valence-electron chi connectivity index (χ0n) is 11.2. The molecule has 9 heteroatoms. The number of halogens is 4. The molecule has 4 nitrogen and oxygen atoms in total. The van der Waals surface area contributed by atoms with E-state index in [1.165, 1.54) is 11.3 Å². The molecule has 1 aromatic heterocycles. The average Bonchev–Trinajstić information content (AvgIpc) is 2.89. The lowest BCUT2D eigenvalue weighted by Crippen LogP contribution is -2.42. The molecular weight excluding hydrogens is 312 g/mol. The van der Waals surface area contributed by atoms with E-state index in [4.69, 9.17) is 10.5 Å². The predicted molar refractivity (Wildman–Crippen MR) is 68.6 cm³/mol. The molecule has 0 amide bonds. The highest BCUT2D eigenvalue weighted by molar-refractivity contribution is 7.09. The van der Waals surface area contributed by atoms with Crippen LogP contribution in [-0.2, 0) is 21.6 Å². The van der Waals surface area contributed by atoms with Gasteiger partial charge in [0, 0.05) is 18.6 Å². The van der Waals surface area contributed by atoms with Gasteiger partial charge >= 0.3 is 12.3 Å². The standard InChI is InChI=1S/C12H16F4N2O2S/c13-10(14)12(15,16)7-20-5-9-18-8(6-21-9)11(17)1-3-19-4-2-11/h6,10H,1-5,7,17H2. The van der Waals surface area contributed by atoms with E-state index >= 15 is 0 Å². The molecule has 0 saturated carbocycles. The van der Waals surface area contributed by atoms with E-state index < -0.39 is 24.5 Å². The third-order valence-electron chi connectivity index (χ3n) is 3.29. The molecule has 120 valence electrons. The van der Waals surface area contributed by atoms with Gasteiger partial charge in [-0.3, -0.25) is 0 Å². The molecule has 0 aromatic carbocycles. The van der Waals surface area contributed by atoms with Gasteiger partial charge in [0.1, 0.15) is 11.6 Å². The van der Waals surface area contributed by atoms with Crippen LogP contribution in [0.25, 0.3) is 0 Å². The highest BCUT2D eigenvalue weighted by Gasteiger charge is 2.41. The summed E-state index contributed by atoms with van der Waals surface area (Å²) in [7, 11) is 0. The van der Waals surface area contributed by atoms with E-state index in [0.717, 1.165) is 0 Å². The average molecular weight is 328 g/mol. The number of thiazole rings is 1. The summed E-state index contributed by atoms with van der Waals surface area (Å²) in [6.07, 6.45) is -2.49. The first-order chi connectivity index (χ1) is 9.83. The Labute approximate surface area is 123 Å². The number of hydrogen-bond acceptors (Lipinski definition) is 5.